The number of aromatic amines is 1. The molecule has 0 aliphatic heterocycles. The summed E-state index contributed by atoms with van der Waals surface area (Å²) in [7, 11) is 0. The van der Waals surface area contributed by atoms with Crippen molar-refractivity contribution in [3.63, 3.8) is 0 Å². The number of aromatic nitrogens is 2. The maximum Gasteiger partial charge on any atom is 0.270 e. The molecule has 3 rings (SSSR count). The van der Waals surface area contributed by atoms with E-state index in [0.29, 0.717) is 24.6 Å². The zero-order valence-electron chi connectivity index (χ0n) is 12.6. The first kappa shape index (κ1) is 14.8. The second kappa shape index (κ2) is 6.73. The maximum atomic E-state index is 12.0. The van der Waals surface area contributed by atoms with E-state index < -0.39 is 0 Å². The number of amides is 1. The fourth-order valence-electron chi connectivity index (χ4n) is 3.02. The van der Waals surface area contributed by atoms with Crippen LogP contribution in [-0.2, 0) is 11.2 Å². The largest absolute Gasteiger partial charge is 0.353 e. The fraction of sp³-hybridized carbons (Fsp3) is 0.471. The molecule has 0 spiro atoms. The highest BCUT2D eigenvalue weighted by atomic mass is 16.1. The molecule has 0 bridgehead atoms. The summed E-state index contributed by atoms with van der Waals surface area (Å²) in [6, 6.07) is 7.73. The molecule has 1 heterocycles. The average Bonchev–Trinajstić information content (AvgIpc) is 2.54. The van der Waals surface area contributed by atoms with Crippen LogP contribution >= 0.6 is 0 Å². The number of hydrogen-bond donors (Lipinski definition) is 2. The second-order valence-electron chi connectivity index (χ2n) is 5.93. The van der Waals surface area contributed by atoms with Crippen molar-refractivity contribution in [1.82, 2.24) is 15.3 Å². The van der Waals surface area contributed by atoms with Crippen LogP contribution in [0.3, 0.4) is 0 Å². The van der Waals surface area contributed by atoms with Crippen LogP contribution in [0.1, 0.15) is 44.2 Å². The molecule has 1 aliphatic carbocycles. The van der Waals surface area contributed by atoms with E-state index >= 15 is 0 Å². The first-order valence-corrected chi connectivity index (χ1v) is 8.00. The standard InChI is InChI=1S/C17H21N3O2/c21-16(18-12-6-2-1-3-7-12)11-10-15-17(22)20-14-9-5-4-8-13(14)19-15/h4-5,8-9,12H,1-3,6-7,10-11H2,(H,18,21)(H,20,22). The topological polar surface area (TPSA) is 74.8 Å². The number of benzene rings is 1. The summed E-state index contributed by atoms with van der Waals surface area (Å²) in [5.41, 5.74) is 1.70. The first-order valence-electron chi connectivity index (χ1n) is 8.00. The highest BCUT2D eigenvalue weighted by molar-refractivity contribution is 5.77. The molecular formula is C17H21N3O2. The number of fused-ring (bicyclic) bond motifs is 1. The van der Waals surface area contributed by atoms with Crippen LogP contribution in [0.25, 0.3) is 11.0 Å². The Morgan fingerprint density at radius 3 is 2.82 bits per heavy atom. The lowest BCUT2D eigenvalue weighted by Crippen LogP contribution is -2.36. The van der Waals surface area contributed by atoms with E-state index in [9.17, 15) is 9.59 Å². The molecule has 0 saturated heterocycles. The summed E-state index contributed by atoms with van der Waals surface area (Å²) in [5, 5.41) is 3.07. The molecule has 1 fully saturated rings. The SMILES string of the molecule is O=C(CCc1nc2ccccc2[nH]c1=O)NC1CCCCC1. The molecule has 2 N–H and O–H groups in total. The van der Waals surface area contributed by atoms with E-state index in [1.165, 1.54) is 19.3 Å². The Balaban J connectivity index is 1.62. The number of para-hydroxylation sites is 2. The molecule has 1 aromatic heterocycles. The molecule has 5 heteroatoms. The summed E-state index contributed by atoms with van der Waals surface area (Å²) >= 11 is 0. The number of hydrogen-bond acceptors (Lipinski definition) is 3. The van der Waals surface area contributed by atoms with Crippen molar-refractivity contribution in [2.75, 3.05) is 0 Å². The van der Waals surface area contributed by atoms with Gasteiger partial charge in [-0.3, -0.25) is 9.59 Å². The van der Waals surface area contributed by atoms with E-state index in [1.807, 2.05) is 24.3 Å². The van der Waals surface area contributed by atoms with Gasteiger partial charge in [0.25, 0.3) is 5.56 Å². The molecule has 1 aliphatic rings. The minimum atomic E-state index is -0.204. The lowest BCUT2D eigenvalue weighted by molar-refractivity contribution is -0.122. The molecule has 22 heavy (non-hydrogen) atoms. The van der Waals surface area contributed by atoms with Gasteiger partial charge in [-0.1, -0.05) is 31.4 Å². The predicted octanol–water partition coefficient (Wildman–Crippen LogP) is 2.30. The number of carbonyl (C=O) groups excluding carboxylic acids is 1. The van der Waals surface area contributed by atoms with Crippen LogP contribution in [0.5, 0.6) is 0 Å². The normalized spacial score (nSPS) is 15.8. The summed E-state index contributed by atoms with van der Waals surface area (Å²) in [6.07, 6.45) is 6.47. The third-order valence-electron chi connectivity index (χ3n) is 4.23. The molecule has 0 atom stereocenters. The van der Waals surface area contributed by atoms with Crippen molar-refractivity contribution >= 4 is 16.9 Å². The summed E-state index contributed by atoms with van der Waals surface area (Å²) < 4.78 is 0. The van der Waals surface area contributed by atoms with Crippen LogP contribution in [0, 0.1) is 0 Å². The van der Waals surface area contributed by atoms with Crippen molar-refractivity contribution in [2.24, 2.45) is 0 Å². The average molecular weight is 299 g/mol. The third kappa shape index (κ3) is 3.53. The van der Waals surface area contributed by atoms with Gasteiger partial charge in [0, 0.05) is 18.9 Å². The van der Waals surface area contributed by atoms with Crippen LogP contribution in [0.15, 0.2) is 29.1 Å². The van der Waals surface area contributed by atoms with Crippen LogP contribution < -0.4 is 10.9 Å². The highest BCUT2D eigenvalue weighted by Crippen LogP contribution is 2.17. The Bertz CT molecular complexity index is 717. The van der Waals surface area contributed by atoms with Crippen molar-refractivity contribution in [2.45, 2.75) is 51.0 Å². The number of rotatable bonds is 4. The van der Waals surface area contributed by atoms with E-state index in [4.69, 9.17) is 0 Å². The van der Waals surface area contributed by atoms with Gasteiger partial charge in [-0.15, -0.1) is 0 Å². The van der Waals surface area contributed by atoms with Gasteiger partial charge in [0.05, 0.1) is 11.0 Å². The number of nitrogens with one attached hydrogen (secondary N) is 2. The number of H-pyrrole nitrogens is 1. The van der Waals surface area contributed by atoms with Gasteiger partial charge in [-0.05, 0) is 25.0 Å². The molecule has 1 saturated carbocycles. The van der Waals surface area contributed by atoms with Crippen LogP contribution in [0.4, 0.5) is 0 Å². The molecule has 0 radical (unpaired) electrons. The molecular weight excluding hydrogens is 278 g/mol. The Morgan fingerprint density at radius 1 is 1.23 bits per heavy atom. The zero-order valence-corrected chi connectivity index (χ0v) is 12.6. The lowest BCUT2D eigenvalue weighted by Gasteiger charge is -2.22. The van der Waals surface area contributed by atoms with Gasteiger partial charge < -0.3 is 10.3 Å². The van der Waals surface area contributed by atoms with Crippen LogP contribution in [0.2, 0.25) is 0 Å². The molecule has 1 aromatic carbocycles. The van der Waals surface area contributed by atoms with E-state index in [1.54, 1.807) is 0 Å². The lowest BCUT2D eigenvalue weighted by atomic mass is 9.95. The molecule has 1 amide bonds. The molecule has 116 valence electrons. The Morgan fingerprint density at radius 2 is 2.00 bits per heavy atom. The van der Waals surface area contributed by atoms with Gasteiger partial charge >= 0.3 is 0 Å². The third-order valence-corrected chi connectivity index (χ3v) is 4.23. The van der Waals surface area contributed by atoms with Crippen molar-refractivity contribution < 1.29 is 4.79 Å². The monoisotopic (exact) mass is 299 g/mol. The minimum absolute atomic E-state index is 0.0151. The molecule has 5 nitrogen and oxygen atoms in total. The van der Waals surface area contributed by atoms with Crippen molar-refractivity contribution in [3.8, 4) is 0 Å². The Labute approximate surface area is 129 Å². The van der Waals surface area contributed by atoms with Gasteiger partial charge in [0.15, 0.2) is 0 Å². The first-order chi connectivity index (χ1) is 10.7. The van der Waals surface area contributed by atoms with Gasteiger partial charge in [0.1, 0.15) is 5.69 Å². The van der Waals surface area contributed by atoms with E-state index in [2.05, 4.69) is 15.3 Å². The number of carbonyl (C=O) groups is 1. The fourth-order valence-corrected chi connectivity index (χ4v) is 3.02. The Kier molecular flexibility index (Phi) is 4.51. The van der Waals surface area contributed by atoms with Gasteiger partial charge in [-0.2, -0.15) is 0 Å². The summed E-state index contributed by atoms with van der Waals surface area (Å²) in [5.74, 6) is 0.0151. The van der Waals surface area contributed by atoms with Crippen LogP contribution in [-0.4, -0.2) is 21.9 Å². The van der Waals surface area contributed by atoms with Gasteiger partial charge in [-0.25, -0.2) is 4.98 Å². The molecule has 0 unspecified atom stereocenters. The quantitative estimate of drug-likeness (QED) is 0.909. The van der Waals surface area contributed by atoms with Gasteiger partial charge in [0.2, 0.25) is 5.91 Å². The van der Waals surface area contributed by atoms with E-state index in [0.717, 1.165) is 23.9 Å². The highest BCUT2D eigenvalue weighted by Gasteiger charge is 2.16. The van der Waals surface area contributed by atoms with E-state index in [-0.39, 0.29) is 11.5 Å². The van der Waals surface area contributed by atoms with Crippen molar-refractivity contribution in [1.29, 1.82) is 0 Å². The molecule has 2 aromatic rings. The summed E-state index contributed by atoms with van der Waals surface area (Å²) in [4.78, 5) is 31.2. The Hall–Kier alpha value is -2.17. The maximum absolute atomic E-state index is 12.0. The number of nitrogens with zero attached hydrogens (tertiary/aromatic N) is 1. The second-order valence-corrected chi connectivity index (χ2v) is 5.93. The minimum Gasteiger partial charge on any atom is -0.353 e. The number of aryl methyl sites for hydroxylation is 1. The zero-order chi connectivity index (χ0) is 15.4. The van der Waals surface area contributed by atoms with Crippen molar-refractivity contribution in [3.05, 3.63) is 40.3 Å². The summed E-state index contributed by atoms with van der Waals surface area (Å²) in [6.45, 7) is 0. The smallest absolute Gasteiger partial charge is 0.270 e. The predicted molar refractivity (Wildman–Crippen MR) is 85.7 cm³/mol.